The summed E-state index contributed by atoms with van der Waals surface area (Å²) < 4.78 is 5.24. The molecule has 0 radical (unpaired) electrons. The third-order valence-electron chi connectivity index (χ3n) is 9.98. The normalized spacial score (nSPS) is 37.8. The topological polar surface area (TPSA) is 58.6 Å². The van der Waals surface area contributed by atoms with E-state index in [4.69, 9.17) is 4.74 Å². The van der Waals surface area contributed by atoms with Crippen LogP contribution in [0.15, 0.2) is 35.5 Å². The van der Waals surface area contributed by atoms with Crippen LogP contribution in [0.5, 0.6) is 5.75 Å². The lowest BCUT2D eigenvalue weighted by Gasteiger charge is -2.59. The van der Waals surface area contributed by atoms with Gasteiger partial charge in [-0.2, -0.15) is 0 Å². The first kappa shape index (κ1) is 22.5. The van der Waals surface area contributed by atoms with Gasteiger partial charge in [0.2, 0.25) is 11.8 Å². The average Bonchev–Trinajstić information content (AvgIpc) is 3.14. The molecule has 2 amide bonds. The monoisotopic (exact) mass is 450 g/mol. The molecule has 0 bridgehead atoms. The largest absolute Gasteiger partial charge is 0.497 e. The van der Waals surface area contributed by atoms with Crippen LogP contribution in [0.3, 0.4) is 0 Å². The fourth-order valence-electron chi connectivity index (χ4n) is 8.44. The Morgan fingerprint density at radius 1 is 1.09 bits per heavy atom. The lowest BCUT2D eigenvalue weighted by atomic mass is 9.48. The Hall–Kier alpha value is -2.30. The molecule has 1 unspecified atom stereocenters. The van der Waals surface area contributed by atoms with E-state index in [9.17, 15) is 9.59 Å². The molecule has 1 aromatic rings. The zero-order chi connectivity index (χ0) is 23.5. The quantitative estimate of drug-likeness (QED) is 0.649. The highest BCUT2D eigenvalue weighted by Gasteiger charge is 2.61. The maximum atomic E-state index is 13.4. The summed E-state index contributed by atoms with van der Waals surface area (Å²) in [5, 5.41) is 3.19. The molecule has 33 heavy (non-hydrogen) atoms. The van der Waals surface area contributed by atoms with E-state index in [0.717, 1.165) is 50.0 Å². The number of rotatable bonds is 3. The van der Waals surface area contributed by atoms with Crippen molar-refractivity contribution in [3.63, 3.8) is 0 Å². The minimum absolute atomic E-state index is 0.0439. The first-order valence-electron chi connectivity index (χ1n) is 12.6. The van der Waals surface area contributed by atoms with Gasteiger partial charge in [-0.3, -0.25) is 9.59 Å². The van der Waals surface area contributed by atoms with Crippen LogP contribution in [0.2, 0.25) is 0 Å². The molecule has 3 fully saturated rings. The summed E-state index contributed by atoms with van der Waals surface area (Å²) >= 11 is 0. The van der Waals surface area contributed by atoms with E-state index < -0.39 is 0 Å². The van der Waals surface area contributed by atoms with E-state index in [1.807, 2.05) is 36.2 Å². The molecule has 1 heterocycles. The van der Waals surface area contributed by atoms with Crippen molar-refractivity contribution in [2.45, 2.75) is 65.7 Å². The van der Waals surface area contributed by atoms with Crippen LogP contribution in [-0.2, 0) is 9.59 Å². The molecular formula is C28H38N2O3. The number of amides is 2. The van der Waals surface area contributed by atoms with Gasteiger partial charge in [-0.25, -0.2) is 0 Å². The van der Waals surface area contributed by atoms with Crippen LogP contribution < -0.4 is 10.1 Å². The van der Waals surface area contributed by atoms with Gasteiger partial charge < -0.3 is 15.0 Å². The molecule has 6 atom stereocenters. The number of hydrogen-bond acceptors (Lipinski definition) is 3. The highest BCUT2D eigenvalue weighted by molar-refractivity contribution is 5.93. The van der Waals surface area contributed by atoms with Gasteiger partial charge in [0.15, 0.2) is 0 Å². The number of hydrogen-bond donors (Lipinski definition) is 1. The number of nitrogens with zero attached hydrogens (tertiary/aromatic N) is 1. The fraction of sp³-hybridized carbons (Fsp3) is 0.643. The molecule has 2 saturated carbocycles. The van der Waals surface area contributed by atoms with Gasteiger partial charge >= 0.3 is 0 Å². The van der Waals surface area contributed by atoms with Crippen molar-refractivity contribution in [1.82, 2.24) is 4.90 Å². The summed E-state index contributed by atoms with van der Waals surface area (Å²) in [5.41, 5.74) is 3.66. The van der Waals surface area contributed by atoms with Crippen LogP contribution in [0.25, 0.3) is 0 Å². The lowest BCUT2D eigenvalue weighted by Crippen LogP contribution is -2.54. The number of ether oxygens (including phenoxy) is 1. The van der Waals surface area contributed by atoms with Crippen LogP contribution in [0, 0.1) is 34.5 Å². The summed E-state index contributed by atoms with van der Waals surface area (Å²) in [5.74, 6) is 3.06. The Kier molecular flexibility index (Phi) is 5.37. The maximum absolute atomic E-state index is 13.4. The maximum Gasteiger partial charge on any atom is 0.228 e. The Labute approximate surface area is 197 Å². The fourth-order valence-corrected chi connectivity index (χ4v) is 8.44. The number of carbonyl (C=O) groups is 2. The number of nitrogens with one attached hydrogen (secondary N) is 1. The molecule has 0 spiro atoms. The molecule has 4 aliphatic rings. The molecular weight excluding hydrogens is 412 g/mol. The molecule has 178 valence electrons. The Bertz CT molecular complexity index is 999. The minimum Gasteiger partial charge on any atom is -0.497 e. The molecule has 5 nitrogen and oxygen atoms in total. The number of carbonyl (C=O) groups excluding carboxylic acids is 2. The number of methoxy groups -OCH3 is 1. The summed E-state index contributed by atoms with van der Waals surface area (Å²) in [6.45, 7) is 7.04. The van der Waals surface area contributed by atoms with Crippen molar-refractivity contribution in [2.24, 2.45) is 34.5 Å². The van der Waals surface area contributed by atoms with Crippen LogP contribution in [-0.4, -0.2) is 30.9 Å². The predicted octanol–water partition coefficient (Wildman–Crippen LogP) is 5.63. The first-order valence-corrected chi connectivity index (χ1v) is 12.6. The van der Waals surface area contributed by atoms with Gasteiger partial charge in [0.25, 0.3) is 0 Å². The number of benzene rings is 1. The second-order valence-corrected chi connectivity index (χ2v) is 11.5. The van der Waals surface area contributed by atoms with Crippen LogP contribution in [0.1, 0.15) is 65.7 Å². The van der Waals surface area contributed by atoms with Gasteiger partial charge in [-0.05, 0) is 92.9 Å². The summed E-state index contributed by atoms with van der Waals surface area (Å²) in [6.07, 6.45) is 7.04. The van der Waals surface area contributed by atoms with Crippen molar-refractivity contribution in [1.29, 1.82) is 0 Å². The molecule has 1 saturated heterocycles. The second kappa shape index (κ2) is 7.89. The summed E-state index contributed by atoms with van der Waals surface area (Å²) in [6, 6.07) is 7.62. The molecule has 1 aliphatic heterocycles. The highest BCUT2D eigenvalue weighted by atomic mass is 16.5. The number of anilines is 1. The molecule has 5 rings (SSSR count). The van der Waals surface area contributed by atoms with Gasteiger partial charge in [-0.15, -0.1) is 0 Å². The molecule has 0 aromatic heterocycles. The Balaban J connectivity index is 1.39. The molecule has 1 aromatic carbocycles. The third kappa shape index (κ3) is 3.33. The second-order valence-electron chi connectivity index (χ2n) is 11.5. The highest BCUT2D eigenvalue weighted by Crippen LogP contribution is 2.66. The van der Waals surface area contributed by atoms with Crippen molar-refractivity contribution < 1.29 is 14.3 Å². The summed E-state index contributed by atoms with van der Waals surface area (Å²) in [4.78, 5) is 27.9. The Morgan fingerprint density at radius 3 is 2.52 bits per heavy atom. The number of allylic oxidation sites excluding steroid dienone is 2. The van der Waals surface area contributed by atoms with E-state index in [-0.39, 0.29) is 28.6 Å². The van der Waals surface area contributed by atoms with E-state index in [1.54, 1.807) is 7.11 Å². The van der Waals surface area contributed by atoms with E-state index in [1.165, 1.54) is 11.3 Å². The molecule has 1 N–H and O–H groups in total. The SMILES string of the molecule is COc1ccc(NC(=O)C2CC[C@H]3[C@@H]4CC(C)=C5N(C)C(=O)CC[C@]5(C)[C@@H]4CC[C@]23C)cc1. The van der Waals surface area contributed by atoms with E-state index in [0.29, 0.717) is 24.2 Å². The zero-order valence-electron chi connectivity index (χ0n) is 20.7. The number of fused-ring (bicyclic) bond motifs is 5. The summed E-state index contributed by atoms with van der Waals surface area (Å²) in [7, 11) is 3.62. The average molecular weight is 451 g/mol. The van der Waals surface area contributed by atoms with Crippen LogP contribution >= 0.6 is 0 Å². The van der Waals surface area contributed by atoms with Crippen LogP contribution in [0.4, 0.5) is 5.69 Å². The van der Waals surface area contributed by atoms with Crippen molar-refractivity contribution in [3.8, 4) is 5.75 Å². The van der Waals surface area contributed by atoms with E-state index in [2.05, 4.69) is 26.1 Å². The van der Waals surface area contributed by atoms with Gasteiger partial charge in [0.1, 0.15) is 5.75 Å². The minimum atomic E-state index is 0.0439. The lowest BCUT2D eigenvalue weighted by molar-refractivity contribution is -0.137. The molecule has 5 heteroatoms. The number of likely N-dealkylation sites (tertiary alicyclic amines) is 1. The third-order valence-corrected chi connectivity index (χ3v) is 9.98. The predicted molar refractivity (Wildman–Crippen MR) is 130 cm³/mol. The van der Waals surface area contributed by atoms with Crippen molar-refractivity contribution in [2.75, 3.05) is 19.5 Å². The van der Waals surface area contributed by atoms with Crippen molar-refractivity contribution in [3.05, 3.63) is 35.5 Å². The van der Waals surface area contributed by atoms with E-state index >= 15 is 0 Å². The Morgan fingerprint density at radius 2 is 1.82 bits per heavy atom. The number of piperidine rings is 1. The van der Waals surface area contributed by atoms with Crippen molar-refractivity contribution >= 4 is 17.5 Å². The molecule has 3 aliphatic carbocycles. The van der Waals surface area contributed by atoms with Gasteiger partial charge in [-0.1, -0.05) is 19.4 Å². The smallest absolute Gasteiger partial charge is 0.228 e. The van der Waals surface area contributed by atoms with Gasteiger partial charge in [0.05, 0.1) is 7.11 Å². The standard InChI is InChI=1S/C28H38N2O3/c1-17-16-20-21-10-11-23(26(32)29-18-6-8-19(33-5)9-7-18)27(21,2)14-12-22(20)28(3)15-13-24(31)30(4)25(17)28/h6-9,20-23H,10-16H2,1-5H3,(H,29,32)/t20-,21-,22+,23?,27-,28+/m0/s1. The zero-order valence-corrected chi connectivity index (χ0v) is 20.7. The first-order chi connectivity index (χ1) is 15.7. The van der Waals surface area contributed by atoms with Gasteiger partial charge in [0, 0.05) is 36.2 Å².